The molecule has 1 aromatic rings. The van der Waals surface area contributed by atoms with E-state index < -0.39 is 6.04 Å². The largest absolute Gasteiger partial charge is 0.361 e. The normalized spacial score (nSPS) is 14.6. The summed E-state index contributed by atoms with van der Waals surface area (Å²) in [6.45, 7) is 7.37. The van der Waals surface area contributed by atoms with Gasteiger partial charge in [-0.1, -0.05) is 12.1 Å². The zero-order valence-corrected chi connectivity index (χ0v) is 10.2. The van der Waals surface area contributed by atoms with Crippen LogP contribution in [0.4, 0.5) is 0 Å². The molecule has 0 radical (unpaired) electrons. The number of nitrogens with two attached hydrogens (primary N) is 1. The molecule has 3 N–H and O–H groups in total. The number of rotatable bonds is 4. The van der Waals surface area contributed by atoms with E-state index in [0.29, 0.717) is 0 Å². The van der Waals surface area contributed by atoms with Gasteiger partial charge >= 0.3 is 0 Å². The number of nitrogens with one attached hydrogen (secondary N) is 1. The van der Waals surface area contributed by atoms with Crippen molar-refractivity contribution in [3.05, 3.63) is 17.0 Å². The zero-order chi connectivity index (χ0) is 12.3. The third kappa shape index (κ3) is 2.61. The Kier molecular flexibility index (Phi) is 4.06. The molecule has 16 heavy (non-hydrogen) atoms. The minimum Gasteiger partial charge on any atom is -0.361 e. The van der Waals surface area contributed by atoms with Crippen LogP contribution in [0.1, 0.15) is 43.3 Å². The van der Waals surface area contributed by atoms with Crippen LogP contribution in [-0.2, 0) is 4.79 Å². The molecule has 0 aromatic carbocycles. The summed E-state index contributed by atoms with van der Waals surface area (Å²) in [5.74, 6) is 0.584. The van der Waals surface area contributed by atoms with Gasteiger partial charge in [-0.25, -0.2) is 0 Å². The second kappa shape index (κ2) is 5.12. The molecule has 0 aliphatic rings. The van der Waals surface area contributed by atoms with Crippen molar-refractivity contribution in [2.75, 3.05) is 0 Å². The first-order valence-electron chi connectivity index (χ1n) is 5.46. The van der Waals surface area contributed by atoms with Crippen LogP contribution in [0.15, 0.2) is 4.52 Å². The number of aryl methyl sites for hydroxylation is 2. The molecular formula is C11H19N3O2. The predicted octanol–water partition coefficient (Wildman–Crippen LogP) is 1.21. The van der Waals surface area contributed by atoms with Gasteiger partial charge in [0.1, 0.15) is 5.76 Å². The minimum atomic E-state index is -0.505. The lowest BCUT2D eigenvalue weighted by atomic mass is 10.0. The van der Waals surface area contributed by atoms with Gasteiger partial charge < -0.3 is 15.6 Å². The molecule has 1 aromatic heterocycles. The average molecular weight is 225 g/mol. The molecule has 90 valence electrons. The Morgan fingerprint density at radius 3 is 2.56 bits per heavy atom. The molecule has 0 fully saturated rings. The van der Waals surface area contributed by atoms with E-state index >= 15 is 0 Å². The van der Waals surface area contributed by atoms with Crippen molar-refractivity contribution >= 4 is 5.91 Å². The lowest BCUT2D eigenvalue weighted by Gasteiger charge is -2.18. The lowest BCUT2D eigenvalue weighted by Crippen LogP contribution is -2.40. The molecule has 0 saturated heterocycles. The third-order valence-corrected chi connectivity index (χ3v) is 2.58. The number of nitrogens with zero attached hydrogens (tertiary/aromatic N) is 1. The van der Waals surface area contributed by atoms with Crippen LogP contribution < -0.4 is 11.1 Å². The highest BCUT2D eigenvalue weighted by atomic mass is 16.5. The highest BCUT2D eigenvalue weighted by Crippen LogP contribution is 2.23. The first-order chi connectivity index (χ1) is 7.47. The highest BCUT2D eigenvalue weighted by Gasteiger charge is 2.21. The molecule has 1 amide bonds. The van der Waals surface area contributed by atoms with Crippen LogP contribution in [0.25, 0.3) is 0 Å². The Balaban J connectivity index is 2.87. The van der Waals surface area contributed by atoms with E-state index in [2.05, 4.69) is 10.5 Å². The van der Waals surface area contributed by atoms with Crippen molar-refractivity contribution in [3.63, 3.8) is 0 Å². The first kappa shape index (κ1) is 12.7. The van der Waals surface area contributed by atoms with E-state index in [1.54, 1.807) is 6.92 Å². The second-order valence-electron chi connectivity index (χ2n) is 4.00. The van der Waals surface area contributed by atoms with Gasteiger partial charge in [0.15, 0.2) is 0 Å². The summed E-state index contributed by atoms with van der Waals surface area (Å²) in [7, 11) is 0. The summed E-state index contributed by atoms with van der Waals surface area (Å²) < 4.78 is 5.09. The molecule has 0 aliphatic carbocycles. The van der Waals surface area contributed by atoms with Crippen LogP contribution in [0.2, 0.25) is 0 Å². The van der Waals surface area contributed by atoms with Gasteiger partial charge in [0, 0.05) is 5.56 Å². The quantitative estimate of drug-likeness (QED) is 0.807. The Hall–Kier alpha value is -1.36. The van der Waals surface area contributed by atoms with E-state index in [0.717, 1.165) is 23.4 Å². The van der Waals surface area contributed by atoms with Crippen LogP contribution in [0.5, 0.6) is 0 Å². The van der Waals surface area contributed by atoms with Crippen LogP contribution in [0.3, 0.4) is 0 Å². The maximum Gasteiger partial charge on any atom is 0.237 e. The summed E-state index contributed by atoms with van der Waals surface area (Å²) in [6.07, 6.45) is 0.779. The molecule has 0 saturated carbocycles. The monoisotopic (exact) mass is 225 g/mol. The van der Waals surface area contributed by atoms with Crippen molar-refractivity contribution in [2.24, 2.45) is 5.73 Å². The van der Waals surface area contributed by atoms with E-state index in [9.17, 15) is 4.79 Å². The summed E-state index contributed by atoms with van der Waals surface area (Å²) in [5, 5.41) is 6.77. The van der Waals surface area contributed by atoms with Gasteiger partial charge in [-0.05, 0) is 27.2 Å². The van der Waals surface area contributed by atoms with E-state index in [-0.39, 0.29) is 11.9 Å². The van der Waals surface area contributed by atoms with Crippen molar-refractivity contribution in [1.82, 2.24) is 10.5 Å². The van der Waals surface area contributed by atoms with Gasteiger partial charge in [0.2, 0.25) is 5.91 Å². The highest BCUT2D eigenvalue weighted by molar-refractivity contribution is 5.81. The zero-order valence-electron chi connectivity index (χ0n) is 10.2. The van der Waals surface area contributed by atoms with E-state index in [1.165, 1.54) is 0 Å². The first-order valence-corrected chi connectivity index (χ1v) is 5.46. The molecule has 2 atom stereocenters. The SMILES string of the molecule is CCC(NC(=O)C(C)N)c1c(C)noc1C. The van der Waals surface area contributed by atoms with Crippen molar-refractivity contribution in [2.45, 2.75) is 46.2 Å². The van der Waals surface area contributed by atoms with Crippen molar-refractivity contribution in [3.8, 4) is 0 Å². The smallest absolute Gasteiger partial charge is 0.237 e. The molecule has 0 aliphatic heterocycles. The van der Waals surface area contributed by atoms with Crippen molar-refractivity contribution < 1.29 is 9.32 Å². The summed E-state index contributed by atoms with van der Waals surface area (Å²) in [6, 6.07) is -0.584. The molecule has 0 bridgehead atoms. The lowest BCUT2D eigenvalue weighted by molar-refractivity contribution is -0.122. The average Bonchev–Trinajstić information content (AvgIpc) is 2.55. The molecule has 0 spiro atoms. The number of hydrogen-bond donors (Lipinski definition) is 2. The maximum atomic E-state index is 11.5. The molecule has 2 unspecified atom stereocenters. The topological polar surface area (TPSA) is 81.2 Å². The number of carbonyl (C=O) groups excluding carboxylic acids is 1. The Labute approximate surface area is 95.4 Å². The Bertz CT molecular complexity index is 352. The maximum absolute atomic E-state index is 11.5. The van der Waals surface area contributed by atoms with Gasteiger partial charge in [-0.15, -0.1) is 0 Å². The van der Waals surface area contributed by atoms with Gasteiger partial charge in [0.05, 0.1) is 17.8 Å². The minimum absolute atomic E-state index is 0.0789. The predicted molar refractivity (Wildman–Crippen MR) is 60.8 cm³/mol. The van der Waals surface area contributed by atoms with Gasteiger partial charge in [-0.2, -0.15) is 0 Å². The molecule has 5 heteroatoms. The van der Waals surface area contributed by atoms with Crippen LogP contribution in [-0.4, -0.2) is 17.1 Å². The fraction of sp³-hybridized carbons (Fsp3) is 0.636. The molecule has 5 nitrogen and oxygen atoms in total. The number of aromatic nitrogens is 1. The summed E-state index contributed by atoms with van der Waals surface area (Å²) in [4.78, 5) is 11.5. The Morgan fingerprint density at radius 1 is 1.56 bits per heavy atom. The van der Waals surface area contributed by atoms with Crippen molar-refractivity contribution in [1.29, 1.82) is 0 Å². The Morgan fingerprint density at radius 2 is 2.19 bits per heavy atom. The van der Waals surface area contributed by atoms with E-state index in [4.69, 9.17) is 10.3 Å². The molecule has 1 rings (SSSR count). The summed E-state index contributed by atoms with van der Waals surface area (Å²) >= 11 is 0. The van der Waals surface area contributed by atoms with E-state index in [1.807, 2.05) is 20.8 Å². The number of amides is 1. The third-order valence-electron chi connectivity index (χ3n) is 2.58. The number of carbonyl (C=O) groups is 1. The van der Waals surface area contributed by atoms with Crippen LogP contribution >= 0.6 is 0 Å². The molecule has 1 heterocycles. The standard InChI is InChI=1S/C11H19N3O2/c1-5-9(13-11(15)6(2)12)10-7(3)14-16-8(10)4/h6,9H,5,12H2,1-4H3,(H,13,15). The van der Waals surface area contributed by atoms with Crippen LogP contribution in [0, 0.1) is 13.8 Å². The number of hydrogen-bond acceptors (Lipinski definition) is 4. The van der Waals surface area contributed by atoms with Gasteiger partial charge in [-0.3, -0.25) is 4.79 Å². The fourth-order valence-corrected chi connectivity index (χ4v) is 1.67. The molecular weight excluding hydrogens is 206 g/mol. The second-order valence-corrected chi connectivity index (χ2v) is 4.00. The fourth-order valence-electron chi connectivity index (χ4n) is 1.67. The summed E-state index contributed by atoms with van der Waals surface area (Å²) in [5.41, 5.74) is 7.29. The van der Waals surface area contributed by atoms with Gasteiger partial charge in [0.25, 0.3) is 0 Å².